The molecule has 1 amide bonds. The Morgan fingerprint density at radius 2 is 2.25 bits per heavy atom. The number of halogens is 2. The van der Waals surface area contributed by atoms with Crippen molar-refractivity contribution in [1.29, 1.82) is 0 Å². The largest absolute Gasteiger partial charge is 0.497 e. The third-order valence-corrected chi connectivity index (χ3v) is 4.55. The molecule has 0 bridgehead atoms. The highest BCUT2D eigenvalue weighted by Gasteiger charge is 2.32. The Labute approximate surface area is 139 Å². The van der Waals surface area contributed by atoms with Crippen molar-refractivity contribution in [2.45, 2.75) is 19.4 Å². The number of nitrogens with two attached hydrogens (primary N) is 1. The number of hydrogen-bond acceptors (Lipinski definition) is 3. The molecule has 6 heteroatoms. The Hall–Kier alpha value is -0.530. The van der Waals surface area contributed by atoms with E-state index >= 15 is 0 Å². The second-order valence-electron chi connectivity index (χ2n) is 4.99. The van der Waals surface area contributed by atoms with Gasteiger partial charge in [-0.05, 0) is 66.6 Å². The van der Waals surface area contributed by atoms with Crippen LogP contribution >= 0.6 is 35.0 Å². The Morgan fingerprint density at radius 3 is 2.75 bits per heavy atom. The fourth-order valence-electron chi connectivity index (χ4n) is 2.55. The van der Waals surface area contributed by atoms with E-state index in [4.69, 9.17) is 10.5 Å². The molecule has 2 unspecified atom stereocenters. The lowest BCUT2D eigenvalue weighted by Gasteiger charge is -2.22. The molecule has 0 aromatic heterocycles. The van der Waals surface area contributed by atoms with Crippen LogP contribution in [0.15, 0.2) is 18.2 Å². The van der Waals surface area contributed by atoms with Crippen molar-refractivity contribution in [3.8, 4) is 5.75 Å². The van der Waals surface area contributed by atoms with Gasteiger partial charge in [-0.3, -0.25) is 4.79 Å². The van der Waals surface area contributed by atoms with E-state index in [-0.39, 0.29) is 24.4 Å². The van der Waals surface area contributed by atoms with E-state index in [0.717, 1.165) is 27.8 Å². The summed E-state index contributed by atoms with van der Waals surface area (Å²) >= 11 is 2.18. The fraction of sp³-hybridized carbons (Fsp3) is 0.500. The predicted octanol–water partition coefficient (Wildman–Crippen LogP) is 2.53. The van der Waals surface area contributed by atoms with Crippen molar-refractivity contribution in [2.24, 2.45) is 11.7 Å². The van der Waals surface area contributed by atoms with E-state index in [1.165, 1.54) is 0 Å². The van der Waals surface area contributed by atoms with Gasteiger partial charge in [0.15, 0.2) is 0 Å². The number of rotatable bonds is 3. The van der Waals surface area contributed by atoms with Gasteiger partial charge in [0, 0.05) is 16.2 Å². The summed E-state index contributed by atoms with van der Waals surface area (Å²) in [5.74, 6) is 1.29. The molecule has 1 aliphatic heterocycles. The first-order valence-corrected chi connectivity index (χ1v) is 7.49. The monoisotopic (exact) mass is 410 g/mol. The number of amides is 1. The SMILES string of the molecule is COc1ccc(C(=O)N2CC(CN)CC2C)c(I)c1.Cl. The molecule has 0 spiro atoms. The Morgan fingerprint density at radius 1 is 1.55 bits per heavy atom. The van der Waals surface area contributed by atoms with Gasteiger partial charge in [-0.2, -0.15) is 0 Å². The molecule has 1 aliphatic rings. The number of carbonyl (C=O) groups is 1. The second-order valence-corrected chi connectivity index (χ2v) is 6.15. The van der Waals surface area contributed by atoms with Gasteiger partial charge in [0.25, 0.3) is 5.91 Å². The maximum absolute atomic E-state index is 12.6. The van der Waals surface area contributed by atoms with Gasteiger partial charge in [0.2, 0.25) is 0 Å². The van der Waals surface area contributed by atoms with Gasteiger partial charge < -0.3 is 15.4 Å². The molecule has 2 N–H and O–H groups in total. The van der Waals surface area contributed by atoms with E-state index in [1.54, 1.807) is 7.11 Å². The molecular weight excluding hydrogens is 391 g/mol. The highest BCUT2D eigenvalue weighted by Crippen LogP contribution is 2.27. The van der Waals surface area contributed by atoms with Gasteiger partial charge in [-0.15, -0.1) is 12.4 Å². The van der Waals surface area contributed by atoms with Crippen molar-refractivity contribution < 1.29 is 9.53 Å². The summed E-state index contributed by atoms with van der Waals surface area (Å²) in [5.41, 5.74) is 6.45. The summed E-state index contributed by atoms with van der Waals surface area (Å²) in [6.45, 7) is 3.50. The molecule has 1 heterocycles. The molecule has 0 aliphatic carbocycles. The van der Waals surface area contributed by atoms with Crippen molar-refractivity contribution >= 4 is 40.9 Å². The van der Waals surface area contributed by atoms with Crippen molar-refractivity contribution in [3.63, 3.8) is 0 Å². The van der Waals surface area contributed by atoms with Crippen LogP contribution in [0.1, 0.15) is 23.7 Å². The average molecular weight is 411 g/mol. The minimum absolute atomic E-state index is 0. The molecule has 1 saturated heterocycles. The molecule has 2 atom stereocenters. The summed E-state index contributed by atoms with van der Waals surface area (Å²) in [6.07, 6.45) is 0.995. The number of benzene rings is 1. The smallest absolute Gasteiger partial charge is 0.255 e. The highest BCUT2D eigenvalue weighted by atomic mass is 127. The predicted molar refractivity (Wildman–Crippen MR) is 90.6 cm³/mol. The third-order valence-electron chi connectivity index (χ3n) is 3.66. The van der Waals surface area contributed by atoms with Crippen molar-refractivity contribution in [3.05, 3.63) is 27.3 Å². The molecule has 2 rings (SSSR count). The number of hydrogen-bond donors (Lipinski definition) is 1. The lowest BCUT2D eigenvalue weighted by Crippen LogP contribution is -2.34. The third kappa shape index (κ3) is 3.56. The summed E-state index contributed by atoms with van der Waals surface area (Å²) in [7, 11) is 1.63. The summed E-state index contributed by atoms with van der Waals surface area (Å²) in [5, 5.41) is 0. The molecule has 0 saturated carbocycles. The standard InChI is InChI=1S/C14H19IN2O2.ClH/c1-9-5-10(7-16)8-17(9)14(18)12-4-3-11(19-2)6-13(12)15;/h3-4,6,9-10H,5,7-8,16H2,1-2H3;1H. The first kappa shape index (κ1) is 17.5. The highest BCUT2D eigenvalue weighted by molar-refractivity contribution is 14.1. The zero-order chi connectivity index (χ0) is 14.0. The maximum atomic E-state index is 12.6. The second kappa shape index (κ2) is 7.47. The topological polar surface area (TPSA) is 55.6 Å². The fourth-order valence-corrected chi connectivity index (χ4v) is 3.26. The van der Waals surface area contributed by atoms with Gasteiger partial charge in [-0.1, -0.05) is 0 Å². The number of ether oxygens (including phenoxy) is 1. The van der Waals surface area contributed by atoms with E-state index < -0.39 is 0 Å². The Kier molecular flexibility index (Phi) is 6.54. The summed E-state index contributed by atoms with van der Waals surface area (Å²) in [6, 6.07) is 5.82. The molecule has 1 aromatic rings. The Bertz CT molecular complexity index is 484. The molecule has 1 aromatic carbocycles. The number of methoxy groups -OCH3 is 1. The van der Waals surface area contributed by atoms with Crippen LogP contribution in [0.25, 0.3) is 0 Å². The molecule has 20 heavy (non-hydrogen) atoms. The molecule has 112 valence electrons. The average Bonchev–Trinajstić information content (AvgIpc) is 2.79. The van der Waals surface area contributed by atoms with Crippen LogP contribution in [0, 0.1) is 9.49 Å². The summed E-state index contributed by atoms with van der Waals surface area (Å²) < 4.78 is 6.09. The number of likely N-dealkylation sites (tertiary alicyclic amines) is 1. The van der Waals surface area contributed by atoms with E-state index in [1.807, 2.05) is 23.1 Å². The van der Waals surface area contributed by atoms with E-state index in [9.17, 15) is 4.79 Å². The lowest BCUT2D eigenvalue weighted by atomic mass is 10.1. The van der Waals surface area contributed by atoms with Crippen LogP contribution in [0.3, 0.4) is 0 Å². The van der Waals surface area contributed by atoms with Crippen LogP contribution in [0.2, 0.25) is 0 Å². The first-order valence-electron chi connectivity index (χ1n) is 6.41. The quantitative estimate of drug-likeness (QED) is 0.779. The van der Waals surface area contributed by atoms with Gasteiger partial charge in [0.05, 0.1) is 12.7 Å². The molecule has 1 fully saturated rings. The van der Waals surface area contributed by atoms with E-state index in [2.05, 4.69) is 29.5 Å². The molecule has 4 nitrogen and oxygen atoms in total. The Balaban J connectivity index is 0.00000200. The van der Waals surface area contributed by atoms with Crippen LogP contribution in [-0.4, -0.2) is 37.0 Å². The minimum Gasteiger partial charge on any atom is -0.497 e. The molecular formula is C14H20ClIN2O2. The zero-order valence-corrected chi connectivity index (χ0v) is 14.6. The number of nitrogens with zero attached hydrogens (tertiary/aromatic N) is 1. The van der Waals surface area contributed by atoms with Gasteiger partial charge in [-0.25, -0.2) is 0 Å². The number of carbonyl (C=O) groups excluding carboxylic acids is 1. The van der Waals surface area contributed by atoms with Gasteiger partial charge in [0.1, 0.15) is 5.75 Å². The van der Waals surface area contributed by atoms with E-state index in [0.29, 0.717) is 12.5 Å². The van der Waals surface area contributed by atoms with Crippen molar-refractivity contribution in [1.82, 2.24) is 4.90 Å². The van der Waals surface area contributed by atoms with Crippen LogP contribution in [0.4, 0.5) is 0 Å². The van der Waals surface area contributed by atoms with Crippen LogP contribution in [-0.2, 0) is 0 Å². The minimum atomic E-state index is 0. The molecule has 0 radical (unpaired) electrons. The van der Waals surface area contributed by atoms with Gasteiger partial charge >= 0.3 is 0 Å². The van der Waals surface area contributed by atoms with Crippen molar-refractivity contribution in [2.75, 3.05) is 20.2 Å². The van der Waals surface area contributed by atoms with Crippen LogP contribution < -0.4 is 10.5 Å². The lowest BCUT2D eigenvalue weighted by molar-refractivity contribution is 0.0742. The zero-order valence-electron chi connectivity index (χ0n) is 11.6. The maximum Gasteiger partial charge on any atom is 0.255 e. The van der Waals surface area contributed by atoms with Crippen LogP contribution in [0.5, 0.6) is 5.75 Å². The summed E-state index contributed by atoms with van der Waals surface area (Å²) in [4.78, 5) is 14.5. The normalized spacial score (nSPS) is 21.5. The first-order chi connectivity index (χ1) is 9.06.